The number of rotatable bonds is 15. The van der Waals surface area contributed by atoms with Gasteiger partial charge in [0.1, 0.15) is 18.8 Å². The number of aliphatic hydroxyl groups is 5. The van der Waals surface area contributed by atoms with E-state index in [1.165, 1.54) is 25.7 Å². The number of cyclic esters (lactones) is 1. The molecule has 158 valence electrons. The summed E-state index contributed by atoms with van der Waals surface area (Å²) in [5.74, 6) is -2.13. The zero-order valence-electron chi connectivity index (χ0n) is 16.1. The van der Waals surface area contributed by atoms with E-state index in [-0.39, 0.29) is 18.8 Å². The fourth-order valence-corrected chi connectivity index (χ4v) is 3.20. The first-order valence-electron chi connectivity index (χ1n) is 9.80. The first-order valence-corrected chi connectivity index (χ1v) is 9.80. The van der Waals surface area contributed by atoms with Crippen molar-refractivity contribution in [1.29, 1.82) is 0 Å². The van der Waals surface area contributed by atoms with Crippen molar-refractivity contribution in [2.45, 2.75) is 82.5 Å². The quantitative estimate of drug-likeness (QED) is 0.208. The summed E-state index contributed by atoms with van der Waals surface area (Å²) in [7, 11) is 0. The SMILES string of the molecule is CCCCCCCCCC[C@]1([C@@H](O)CO)OC(=O)C(O)=C1OCC(O)CO. The van der Waals surface area contributed by atoms with Crippen LogP contribution in [-0.4, -0.2) is 69.1 Å². The standard InChI is InChI=1S/C19H34O8/c1-2-3-4-5-6-7-8-9-10-19(15(23)12-21)17(16(24)18(25)27-19)26-13-14(22)11-20/h14-15,20-24H,2-13H2,1H3/t14?,15-,19+/m0/s1. The molecule has 0 saturated heterocycles. The van der Waals surface area contributed by atoms with Crippen LogP contribution in [0.5, 0.6) is 0 Å². The molecular formula is C19H34O8. The average Bonchev–Trinajstić information content (AvgIpc) is 2.92. The molecule has 0 bridgehead atoms. The van der Waals surface area contributed by atoms with Gasteiger partial charge >= 0.3 is 5.97 Å². The Kier molecular flexibility index (Phi) is 10.7. The lowest BCUT2D eigenvalue weighted by atomic mass is 9.88. The van der Waals surface area contributed by atoms with E-state index < -0.39 is 42.8 Å². The minimum atomic E-state index is -1.69. The molecule has 1 rings (SSSR count). The van der Waals surface area contributed by atoms with Gasteiger partial charge in [-0.15, -0.1) is 0 Å². The second kappa shape index (κ2) is 12.2. The number of carbonyl (C=O) groups is 1. The first kappa shape index (κ1) is 23.7. The maximum Gasteiger partial charge on any atom is 0.378 e. The summed E-state index contributed by atoms with van der Waals surface area (Å²) in [5.41, 5.74) is -1.69. The summed E-state index contributed by atoms with van der Waals surface area (Å²) < 4.78 is 10.5. The van der Waals surface area contributed by atoms with E-state index in [2.05, 4.69) is 6.92 Å². The highest BCUT2D eigenvalue weighted by molar-refractivity contribution is 5.90. The minimum absolute atomic E-state index is 0.171. The van der Waals surface area contributed by atoms with Crippen LogP contribution < -0.4 is 0 Å². The Labute approximate surface area is 160 Å². The van der Waals surface area contributed by atoms with Crippen molar-refractivity contribution in [1.82, 2.24) is 0 Å². The van der Waals surface area contributed by atoms with Crippen LogP contribution in [0.4, 0.5) is 0 Å². The summed E-state index contributed by atoms with van der Waals surface area (Å²) in [6, 6.07) is 0. The predicted molar refractivity (Wildman–Crippen MR) is 97.8 cm³/mol. The van der Waals surface area contributed by atoms with E-state index in [1.54, 1.807) is 0 Å². The molecule has 1 aliphatic rings. The van der Waals surface area contributed by atoms with Crippen molar-refractivity contribution >= 4 is 5.97 Å². The van der Waals surface area contributed by atoms with E-state index >= 15 is 0 Å². The molecule has 0 aliphatic carbocycles. The van der Waals surface area contributed by atoms with Crippen LogP contribution >= 0.6 is 0 Å². The van der Waals surface area contributed by atoms with Crippen LogP contribution in [0.15, 0.2) is 11.5 Å². The Morgan fingerprint density at radius 1 is 1.00 bits per heavy atom. The molecule has 0 aromatic rings. The molecule has 1 unspecified atom stereocenters. The fourth-order valence-electron chi connectivity index (χ4n) is 3.20. The van der Waals surface area contributed by atoms with Crippen LogP contribution in [0.1, 0.15) is 64.7 Å². The number of unbranched alkanes of at least 4 members (excludes halogenated alkanes) is 7. The van der Waals surface area contributed by atoms with Gasteiger partial charge in [0.25, 0.3) is 0 Å². The molecular weight excluding hydrogens is 356 g/mol. The monoisotopic (exact) mass is 390 g/mol. The maximum absolute atomic E-state index is 11.9. The molecule has 1 aliphatic heterocycles. The lowest BCUT2D eigenvalue weighted by Crippen LogP contribution is -2.48. The number of ether oxygens (including phenoxy) is 2. The maximum atomic E-state index is 11.9. The van der Waals surface area contributed by atoms with Crippen molar-refractivity contribution in [3.63, 3.8) is 0 Å². The summed E-state index contributed by atoms with van der Waals surface area (Å²) in [6.45, 7) is 0.532. The largest absolute Gasteiger partial charge is 0.499 e. The third-order valence-electron chi connectivity index (χ3n) is 4.81. The number of hydrogen-bond donors (Lipinski definition) is 5. The Hall–Kier alpha value is -1.35. The second-order valence-electron chi connectivity index (χ2n) is 7.03. The Balaban J connectivity index is 2.69. The van der Waals surface area contributed by atoms with Gasteiger partial charge in [-0.25, -0.2) is 4.79 Å². The molecule has 0 aromatic heterocycles. The second-order valence-corrected chi connectivity index (χ2v) is 7.03. The van der Waals surface area contributed by atoms with Gasteiger partial charge in [-0.3, -0.25) is 0 Å². The Bertz CT molecular complexity index is 478. The van der Waals surface area contributed by atoms with Gasteiger partial charge in [0, 0.05) is 0 Å². The molecule has 0 radical (unpaired) electrons. The molecule has 0 spiro atoms. The van der Waals surface area contributed by atoms with E-state index in [0.29, 0.717) is 6.42 Å². The molecule has 8 heteroatoms. The summed E-state index contributed by atoms with van der Waals surface area (Å²) in [4.78, 5) is 11.9. The Morgan fingerprint density at radius 2 is 1.59 bits per heavy atom. The number of aliphatic hydroxyl groups excluding tert-OH is 5. The zero-order valence-corrected chi connectivity index (χ0v) is 16.1. The molecule has 5 N–H and O–H groups in total. The van der Waals surface area contributed by atoms with Crippen LogP contribution in [0, 0.1) is 0 Å². The van der Waals surface area contributed by atoms with Crippen molar-refractivity contribution in [3.05, 3.63) is 11.5 Å². The van der Waals surface area contributed by atoms with Gasteiger partial charge in [0.05, 0.1) is 13.2 Å². The van der Waals surface area contributed by atoms with E-state index in [0.717, 1.165) is 19.3 Å². The predicted octanol–water partition coefficient (Wildman–Crippen LogP) is 1.31. The smallest absolute Gasteiger partial charge is 0.378 e. The minimum Gasteiger partial charge on any atom is -0.499 e. The number of carbonyl (C=O) groups excluding carboxylic acids is 1. The lowest BCUT2D eigenvalue weighted by Gasteiger charge is -2.33. The number of esters is 1. The highest BCUT2D eigenvalue weighted by Gasteiger charge is 2.54. The van der Waals surface area contributed by atoms with Gasteiger partial charge in [0.2, 0.25) is 11.4 Å². The average molecular weight is 390 g/mol. The Morgan fingerprint density at radius 3 is 2.15 bits per heavy atom. The molecule has 1 heterocycles. The molecule has 0 aromatic carbocycles. The highest BCUT2D eigenvalue weighted by Crippen LogP contribution is 2.40. The van der Waals surface area contributed by atoms with Crippen LogP contribution in [0.3, 0.4) is 0 Å². The van der Waals surface area contributed by atoms with Crippen LogP contribution in [0.25, 0.3) is 0 Å². The molecule has 8 nitrogen and oxygen atoms in total. The van der Waals surface area contributed by atoms with E-state index in [1.807, 2.05) is 0 Å². The van der Waals surface area contributed by atoms with E-state index in [4.69, 9.17) is 14.6 Å². The molecule has 0 saturated carbocycles. The van der Waals surface area contributed by atoms with Gasteiger partial charge in [-0.1, -0.05) is 51.9 Å². The summed E-state index contributed by atoms with van der Waals surface area (Å²) >= 11 is 0. The van der Waals surface area contributed by atoms with Crippen molar-refractivity contribution < 1.29 is 39.8 Å². The van der Waals surface area contributed by atoms with Gasteiger partial charge in [0.15, 0.2) is 5.76 Å². The molecule has 3 atom stereocenters. The van der Waals surface area contributed by atoms with E-state index in [9.17, 15) is 25.2 Å². The van der Waals surface area contributed by atoms with Gasteiger partial charge < -0.3 is 35.0 Å². The first-order chi connectivity index (χ1) is 12.9. The zero-order chi connectivity index (χ0) is 20.3. The third kappa shape index (κ3) is 6.64. The number of hydrogen-bond acceptors (Lipinski definition) is 8. The third-order valence-corrected chi connectivity index (χ3v) is 4.81. The van der Waals surface area contributed by atoms with Gasteiger partial charge in [-0.2, -0.15) is 0 Å². The summed E-state index contributed by atoms with van der Waals surface area (Å²) in [6.07, 6.45) is 5.82. The van der Waals surface area contributed by atoms with Crippen LogP contribution in [-0.2, 0) is 14.3 Å². The van der Waals surface area contributed by atoms with Crippen molar-refractivity contribution in [2.75, 3.05) is 19.8 Å². The molecule has 27 heavy (non-hydrogen) atoms. The molecule has 0 fully saturated rings. The van der Waals surface area contributed by atoms with Crippen LogP contribution in [0.2, 0.25) is 0 Å². The summed E-state index contributed by atoms with van der Waals surface area (Å²) in [5, 5.41) is 48.0. The fraction of sp³-hybridized carbons (Fsp3) is 0.842. The topological polar surface area (TPSA) is 137 Å². The van der Waals surface area contributed by atoms with Crippen molar-refractivity contribution in [2.24, 2.45) is 0 Å². The van der Waals surface area contributed by atoms with Crippen molar-refractivity contribution in [3.8, 4) is 0 Å². The highest BCUT2D eigenvalue weighted by atomic mass is 16.6. The normalized spacial score (nSPS) is 22.0. The lowest BCUT2D eigenvalue weighted by molar-refractivity contribution is -0.167. The van der Waals surface area contributed by atoms with Gasteiger partial charge in [-0.05, 0) is 12.8 Å². The molecule has 0 amide bonds.